The molecule has 0 atom stereocenters. The van der Waals surface area contributed by atoms with E-state index in [4.69, 9.17) is 4.74 Å². The zero-order valence-corrected chi connectivity index (χ0v) is 14.1. The predicted molar refractivity (Wildman–Crippen MR) is 91.7 cm³/mol. The number of guanidine groups is 1. The van der Waals surface area contributed by atoms with Gasteiger partial charge in [-0.15, -0.1) is 24.0 Å². The minimum atomic E-state index is 0. The number of hydrogen-bond acceptors (Lipinski definition) is 3. The first-order valence-corrected chi connectivity index (χ1v) is 6.43. The number of aromatic nitrogens is 1. The molecule has 2 rings (SSSR count). The number of nitrogens with one attached hydrogen (secondary N) is 2. The minimum absolute atomic E-state index is 0. The van der Waals surface area contributed by atoms with Gasteiger partial charge in [0.2, 0.25) is 5.88 Å². The van der Waals surface area contributed by atoms with Crippen LogP contribution in [0.2, 0.25) is 0 Å². The summed E-state index contributed by atoms with van der Waals surface area (Å²) in [6.45, 7) is 0.693. The lowest BCUT2D eigenvalue weighted by molar-refractivity contribution is 0.397. The van der Waals surface area contributed by atoms with E-state index in [2.05, 4.69) is 32.8 Å². The fourth-order valence-corrected chi connectivity index (χ4v) is 1.98. The van der Waals surface area contributed by atoms with Gasteiger partial charge in [0.05, 0.1) is 7.11 Å². The van der Waals surface area contributed by atoms with Crippen LogP contribution in [-0.4, -0.2) is 31.1 Å². The first kappa shape index (κ1) is 16.7. The Morgan fingerprint density at radius 2 is 2.20 bits per heavy atom. The van der Waals surface area contributed by atoms with E-state index in [1.807, 2.05) is 12.1 Å². The third-order valence-electron chi connectivity index (χ3n) is 3.04. The zero-order valence-electron chi connectivity index (χ0n) is 11.8. The molecule has 0 unspecified atom stereocenters. The molecule has 1 aliphatic carbocycles. The molecule has 5 nitrogen and oxygen atoms in total. The topological polar surface area (TPSA) is 58.5 Å². The molecule has 1 heterocycles. The van der Waals surface area contributed by atoms with Crippen LogP contribution in [0.15, 0.2) is 35.5 Å². The Bertz CT molecular complexity index is 468. The van der Waals surface area contributed by atoms with Crippen LogP contribution in [0.25, 0.3) is 0 Å². The van der Waals surface area contributed by atoms with Gasteiger partial charge in [-0.05, 0) is 24.5 Å². The van der Waals surface area contributed by atoms with Gasteiger partial charge in [-0.3, -0.25) is 4.99 Å². The van der Waals surface area contributed by atoms with Crippen molar-refractivity contribution in [3.05, 3.63) is 36.0 Å². The van der Waals surface area contributed by atoms with Gasteiger partial charge in [0, 0.05) is 31.9 Å². The summed E-state index contributed by atoms with van der Waals surface area (Å²) in [5.74, 6) is 1.45. The van der Waals surface area contributed by atoms with Gasteiger partial charge in [-0.2, -0.15) is 0 Å². The molecule has 0 aromatic carbocycles. The summed E-state index contributed by atoms with van der Waals surface area (Å²) >= 11 is 0. The second-order valence-corrected chi connectivity index (χ2v) is 4.42. The first-order valence-electron chi connectivity index (χ1n) is 6.43. The number of nitrogens with zero attached hydrogens (tertiary/aromatic N) is 2. The van der Waals surface area contributed by atoms with Gasteiger partial charge in [0.1, 0.15) is 0 Å². The van der Waals surface area contributed by atoms with Gasteiger partial charge in [-0.25, -0.2) is 4.98 Å². The van der Waals surface area contributed by atoms with Crippen molar-refractivity contribution in [3.63, 3.8) is 0 Å². The molecule has 0 saturated carbocycles. The Balaban J connectivity index is 0.00000200. The molecule has 0 fully saturated rings. The van der Waals surface area contributed by atoms with Gasteiger partial charge < -0.3 is 15.4 Å². The Hall–Kier alpha value is -1.31. The summed E-state index contributed by atoms with van der Waals surface area (Å²) in [5.41, 5.74) is 1.11. The molecule has 1 aliphatic rings. The average Bonchev–Trinajstić information content (AvgIpc) is 2.96. The molecule has 20 heavy (non-hydrogen) atoms. The van der Waals surface area contributed by atoms with Crippen molar-refractivity contribution in [2.45, 2.75) is 25.4 Å². The summed E-state index contributed by atoms with van der Waals surface area (Å²) in [6.07, 6.45) is 8.25. The zero-order chi connectivity index (χ0) is 13.5. The number of rotatable bonds is 4. The van der Waals surface area contributed by atoms with Crippen LogP contribution in [0.1, 0.15) is 18.4 Å². The van der Waals surface area contributed by atoms with E-state index in [1.165, 1.54) is 0 Å². The summed E-state index contributed by atoms with van der Waals surface area (Å²) in [6, 6.07) is 4.33. The number of pyridine rings is 1. The predicted octanol–water partition coefficient (Wildman–Crippen LogP) is 2.09. The molecule has 0 spiro atoms. The lowest BCUT2D eigenvalue weighted by atomic mass is 10.2. The molecule has 0 amide bonds. The smallest absolute Gasteiger partial charge is 0.213 e. The summed E-state index contributed by atoms with van der Waals surface area (Å²) < 4.78 is 5.10. The number of halogens is 1. The molecule has 1 aromatic heterocycles. The van der Waals surface area contributed by atoms with Crippen molar-refractivity contribution < 1.29 is 4.74 Å². The highest BCUT2D eigenvalue weighted by molar-refractivity contribution is 14.0. The molecule has 2 N–H and O–H groups in total. The van der Waals surface area contributed by atoms with Crippen LogP contribution in [0.4, 0.5) is 0 Å². The quantitative estimate of drug-likeness (QED) is 0.359. The standard InChI is InChI=1S/C14H20N4O.HI/c1-15-14(18-12-5-3-4-6-12)17-10-11-7-8-16-13(9-11)19-2;/h3-4,7-9,12H,5-6,10H2,1-2H3,(H2,15,17,18);1H. The number of ether oxygens (including phenoxy) is 1. The van der Waals surface area contributed by atoms with Crippen molar-refractivity contribution in [3.8, 4) is 5.88 Å². The van der Waals surface area contributed by atoms with E-state index >= 15 is 0 Å². The number of aliphatic imine (C=N–C) groups is 1. The van der Waals surface area contributed by atoms with Gasteiger partial charge in [-0.1, -0.05) is 12.2 Å². The SMILES string of the molecule is CN=C(NCc1ccnc(OC)c1)NC1CC=CC1.I. The largest absolute Gasteiger partial charge is 0.481 e. The van der Waals surface area contributed by atoms with Crippen LogP contribution in [0.5, 0.6) is 5.88 Å². The van der Waals surface area contributed by atoms with E-state index in [-0.39, 0.29) is 24.0 Å². The highest BCUT2D eigenvalue weighted by atomic mass is 127. The maximum absolute atomic E-state index is 5.10. The van der Waals surface area contributed by atoms with E-state index in [0.29, 0.717) is 18.5 Å². The van der Waals surface area contributed by atoms with Gasteiger partial charge >= 0.3 is 0 Å². The fourth-order valence-electron chi connectivity index (χ4n) is 1.98. The maximum atomic E-state index is 5.10. The summed E-state index contributed by atoms with van der Waals surface area (Å²) in [4.78, 5) is 8.31. The Morgan fingerprint density at radius 1 is 1.45 bits per heavy atom. The van der Waals surface area contributed by atoms with E-state index in [9.17, 15) is 0 Å². The third kappa shape index (κ3) is 4.99. The second kappa shape index (κ2) is 8.78. The fraction of sp³-hybridized carbons (Fsp3) is 0.429. The van der Waals surface area contributed by atoms with Crippen LogP contribution in [0, 0.1) is 0 Å². The molecule has 1 aromatic rings. The highest BCUT2D eigenvalue weighted by Crippen LogP contribution is 2.09. The van der Waals surface area contributed by atoms with Crippen molar-refractivity contribution in [1.29, 1.82) is 0 Å². The van der Waals surface area contributed by atoms with Crippen LogP contribution < -0.4 is 15.4 Å². The van der Waals surface area contributed by atoms with Crippen molar-refractivity contribution in [1.82, 2.24) is 15.6 Å². The maximum Gasteiger partial charge on any atom is 0.213 e. The van der Waals surface area contributed by atoms with Crippen LogP contribution in [0.3, 0.4) is 0 Å². The molecular formula is C14H21IN4O. The van der Waals surface area contributed by atoms with Crippen molar-refractivity contribution >= 4 is 29.9 Å². The van der Waals surface area contributed by atoms with Crippen LogP contribution in [-0.2, 0) is 6.54 Å². The van der Waals surface area contributed by atoms with Crippen molar-refractivity contribution in [2.75, 3.05) is 14.2 Å². The van der Waals surface area contributed by atoms with Gasteiger partial charge in [0.25, 0.3) is 0 Å². The average molecular weight is 388 g/mol. The minimum Gasteiger partial charge on any atom is -0.481 e. The van der Waals surface area contributed by atoms with E-state index < -0.39 is 0 Å². The Morgan fingerprint density at radius 3 is 2.85 bits per heavy atom. The lowest BCUT2D eigenvalue weighted by Crippen LogP contribution is -2.42. The van der Waals surface area contributed by atoms with E-state index in [1.54, 1.807) is 20.4 Å². The lowest BCUT2D eigenvalue weighted by Gasteiger charge is -2.17. The molecule has 110 valence electrons. The summed E-state index contributed by atoms with van der Waals surface area (Å²) in [5, 5.41) is 6.69. The third-order valence-corrected chi connectivity index (χ3v) is 3.04. The normalized spacial score (nSPS) is 14.8. The summed E-state index contributed by atoms with van der Waals surface area (Å²) in [7, 11) is 3.40. The molecule has 6 heteroatoms. The van der Waals surface area contributed by atoms with Crippen LogP contribution >= 0.6 is 24.0 Å². The molecule has 0 radical (unpaired) electrons. The number of methoxy groups -OCH3 is 1. The molecule has 0 bridgehead atoms. The van der Waals surface area contributed by atoms with Gasteiger partial charge in [0.15, 0.2) is 5.96 Å². The Kier molecular flexibility index (Phi) is 7.35. The second-order valence-electron chi connectivity index (χ2n) is 4.42. The first-order chi connectivity index (χ1) is 9.31. The molecule has 0 aliphatic heterocycles. The van der Waals surface area contributed by atoms with Crippen molar-refractivity contribution in [2.24, 2.45) is 4.99 Å². The highest BCUT2D eigenvalue weighted by Gasteiger charge is 2.11. The number of hydrogen-bond donors (Lipinski definition) is 2. The molecule has 0 saturated heterocycles. The van der Waals surface area contributed by atoms with E-state index in [0.717, 1.165) is 24.4 Å². The molecular weight excluding hydrogens is 367 g/mol. The monoisotopic (exact) mass is 388 g/mol. The Labute approximate surface area is 136 Å².